The lowest BCUT2D eigenvalue weighted by atomic mass is 10.2. The van der Waals surface area contributed by atoms with Gasteiger partial charge < -0.3 is 0 Å². The summed E-state index contributed by atoms with van der Waals surface area (Å²) in [5.74, 6) is -0.201. The Morgan fingerprint density at radius 3 is 1.38 bits per heavy atom. The van der Waals surface area contributed by atoms with E-state index in [2.05, 4.69) is 13.8 Å². The van der Waals surface area contributed by atoms with Crippen molar-refractivity contribution in [3.05, 3.63) is 0 Å². The summed E-state index contributed by atoms with van der Waals surface area (Å²) < 4.78 is 26.9. The van der Waals surface area contributed by atoms with Crippen LogP contribution in [0.4, 0.5) is 0 Å². The van der Waals surface area contributed by atoms with Gasteiger partial charge in [-0.05, 0) is 6.92 Å². The zero-order chi connectivity index (χ0) is 10.7. The Hall–Kier alpha value is -0.0900. The molecule has 0 fully saturated rings. The molecule has 0 aromatic rings. The first-order valence-electron chi connectivity index (χ1n) is 4.93. The second-order valence-electron chi connectivity index (χ2n) is 2.93. The summed E-state index contributed by atoms with van der Waals surface area (Å²) in [6.45, 7) is 5.86. The Labute approximate surface area is 82.3 Å². The zero-order valence-corrected chi connectivity index (χ0v) is 9.73. The van der Waals surface area contributed by atoms with Crippen LogP contribution in [0.5, 0.6) is 0 Å². The summed E-state index contributed by atoms with van der Waals surface area (Å²) >= 11 is 0. The third-order valence-corrected chi connectivity index (χ3v) is 2.30. The molecule has 0 aromatic carbocycles. The summed E-state index contributed by atoms with van der Waals surface area (Å²) in [4.78, 5) is 0. The third kappa shape index (κ3) is 24.5. The molecule has 0 saturated carbocycles. The van der Waals surface area contributed by atoms with Crippen LogP contribution in [-0.2, 0) is 10.1 Å². The SMILES string of the molecule is CCCCCCC.CCS(=O)(=O)O. The van der Waals surface area contributed by atoms with E-state index in [0.29, 0.717) is 0 Å². The van der Waals surface area contributed by atoms with E-state index in [-0.39, 0.29) is 5.75 Å². The van der Waals surface area contributed by atoms with Crippen molar-refractivity contribution in [2.75, 3.05) is 5.75 Å². The first-order valence-corrected chi connectivity index (χ1v) is 6.54. The molecule has 0 saturated heterocycles. The van der Waals surface area contributed by atoms with Crippen molar-refractivity contribution in [2.45, 2.75) is 52.9 Å². The standard InChI is InChI=1S/C7H16.C2H6O3S/c1-3-5-7-6-4-2;1-2-6(3,4)5/h3-7H2,1-2H3;2H2,1H3,(H,3,4,5). The number of unbranched alkanes of at least 4 members (excludes halogenated alkanes) is 4. The fraction of sp³-hybridized carbons (Fsp3) is 1.00. The maximum absolute atomic E-state index is 9.56. The molecule has 0 radical (unpaired) electrons. The number of rotatable bonds is 5. The van der Waals surface area contributed by atoms with Crippen molar-refractivity contribution in [3.8, 4) is 0 Å². The average molecular weight is 210 g/mol. The van der Waals surface area contributed by atoms with Crippen LogP contribution in [0.2, 0.25) is 0 Å². The van der Waals surface area contributed by atoms with E-state index in [1.165, 1.54) is 39.0 Å². The van der Waals surface area contributed by atoms with E-state index in [1.54, 1.807) is 0 Å². The van der Waals surface area contributed by atoms with E-state index in [4.69, 9.17) is 4.55 Å². The zero-order valence-electron chi connectivity index (χ0n) is 8.91. The molecule has 0 atom stereocenters. The summed E-state index contributed by atoms with van der Waals surface area (Å²) in [6.07, 6.45) is 7.01. The van der Waals surface area contributed by atoms with Crippen LogP contribution >= 0.6 is 0 Å². The van der Waals surface area contributed by atoms with Gasteiger partial charge in [-0.25, -0.2) is 0 Å². The van der Waals surface area contributed by atoms with Gasteiger partial charge in [-0.2, -0.15) is 8.42 Å². The smallest absolute Gasteiger partial charge is 0.264 e. The molecule has 0 heterocycles. The van der Waals surface area contributed by atoms with Crippen molar-refractivity contribution < 1.29 is 13.0 Å². The van der Waals surface area contributed by atoms with E-state index in [0.717, 1.165) is 0 Å². The molecule has 13 heavy (non-hydrogen) atoms. The lowest BCUT2D eigenvalue weighted by Gasteiger charge is -1.90. The molecule has 0 aliphatic rings. The van der Waals surface area contributed by atoms with Gasteiger partial charge in [0.2, 0.25) is 0 Å². The molecule has 3 nitrogen and oxygen atoms in total. The minimum absolute atomic E-state index is 0.201. The molecule has 1 N–H and O–H groups in total. The van der Waals surface area contributed by atoms with Crippen LogP contribution in [-0.4, -0.2) is 18.7 Å². The van der Waals surface area contributed by atoms with Crippen molar-refractivity contribution in [1.82, 2.24) is 0 Å². The monoisotopic (exact) mass is 210 g/mol. The van der Waals surface area contributed by atoms with Gasteiger partial charge in [0.15, 0.2) is 0 Å². The molecule has 0 aliphatic heterocycles. The Morgan fingerprint density at radius 1 is 0.923 bits per heavy atom. The van der Waals surface area contributed by atoms with Crippen LogP contribution in [0.15, 0.2) is 0 Å². The van der Waals surface area contributed by atoms with Crippen molar-refractivity contribution in [2.24, 2.45) is 0 Å². The Bertz CT molecular complexity index is 169. The minimum Gasteiger partial charge on any atom is -0.286 e. The van der Waals surface area contributed by atoms with Gasteiger partial charge in [0, 0.05) is 0 Å². The largest absolute Gasteiger partial charge is 0.286 e. The highest BCUT2D eigenvalue weighted by Gasteiger charge is 1.93. The number of hydrogen-bond acceptors (Lipinski definition) is 2. The summed E-state index contributed by atoms with van der Waals surface area (Å²) in [5.41, 5.74) is 0. The van der Waals surface area contributed by atoms with Gasteiger partial charge in [0.1, 0.15) is 0 Å². The average Bonchev–Trinajstić information content (AvgIpc) is 2.06. The van der Waals surface area contributed by atoms with Gasteiger partial charge in [0.05, 0.1) is 5.75 Å². The second kappa shape index (κ2) is 9.99. The first kappa shape index (κ1) is 15.4. The van der Waals surface area contributed by atoms with Crippen LogP contribution in [0.25, 0.3) is 0 Å². The van der Waals surface area contributed by atoms with E-state index in [9.17, 15) is 8.42 Å². The highest BCUT2D eigenvalue weighted by atomic mass is 32.2. The summed E-state index contributed by atoms with van der Waals surface area (Å²) in [7, 11) is -3.66. The lowest BCUT2D eigenvalue weighted by Crippen LogP contribution is -1.97. The van der Waals surface area contributed by atoms with Gasteiger partial charge in [0.25, 0.3) is 10.1 Å². The van der Waals surface area contributed by atoms with Crippen molar-refractivity contribution >= 4 is 10.1 Å². The lowest BCUT2D eigenvalue weighted by molar-refractivity contribution is 0.484. The Balaban J connectivity index is 0. The minimum atomic E-state index is -3.66. The van der Waals surface area contributed by atoms with E-state index >= 15 is 0 Å². The van der Waals surface area contributed by atoms with Gasteiger partial charge in [-0.15, -0.1) is 0 Å². The van der Waals surface area contributed by atoms with Gasteiger partial charge >= 0.3 is 0 Å². The van der Waals surface area contributed by atoms with Crippen LogP contribution in [0.3, 0.4) is 0 Å². The molecule has 0 spiro atoms. The topological polar surface area (TPSA) is 54.4 Å². The summed E-state index contributed by atoms with van der Waals surface area (Å²) in [6, 6.07) is 0. The predicted molar refractivity (Wildman–Crippen MR) is 56.5 cm³/mol. The molecule has 0 aromatic heterocycles. The Kier molecular flexibility index (Phi) is 11.8. The summed E-state index contributed by atoms with van der Waals surface area (Å²) in [5, 5.41) is 0. The predicted octanol–water partition coefficient (Wildman–Crippen LogP) is 2.87. The Morgan fingerprint density at radius 2 is 1.23 bits per heavy atom. The van der Waals surface area contributed by atoms with E-state index < -0.39 is 10.1 Å². The van der Waals surface area contributed by atoms with Crippen LogP contribution < -0.4 is 0 Å². The molecule has 0 amide bonds. The normalized spacial score (nSPS) is 10.5. The molecule has 0 rings (SSSR count). The molecule has 82 valence electrons. The fourth-order valence-electron chi connectivity index (χ4n) is 0.677. The first-order chi connectivity index (χ1) is 5.97. The van der Waals surface area contributed by atoms with Crippen molar-refractivity contribution in [1.29, 1.82) is 0 Å². The fourth-order valence-corrected chi connectivity index (χ4v) is 0.677. The highest BCUT2D eigenvalue weighted by molar-refractivity contribution is 7.85. The van der Waals surface area contributed by atoms with Gasteiger partial charge in [-0.1, -0.05) is 46.0 Å². The molecular formula is C9H22O3S. The van der Waals surface area contributed by atoms with Crippen LogP contribution in [0, 0.1) is 0 Å². The second-order valence-corrected chi connectivity index (χ2v) is 4.67. The maximum Gasteiger partial charge on any atom is 0.264 e. The molecule has 0 aliphatic carbocycles. The number of hydrogen-bond donors (Lipinski definition) is 1. The molecular weight excluding hydrogens is 188 g/mol. The van der Waals surface area contributed by atoms with Crippen LogP contribution in [0.1, 0.15) is 52.9 Å². The van der Waals surface area contributed by atoms with Crippen molar-refractivity contribution in [3.63, 3.8) is 0 Å². The van der Waals surface area contributed by atoms with E-state index in [1.807, 2.05) is 0 Å². The molecule has 0 bridgehead atoms. The highest BCUT2D eigenvalue weighted by Crippen LogP contribution is 2.00. The molecule has 4 heteroatoms. The molecule has 0 unspecified atom stereocenters. The third-order valence-electron chi connectivity index (χ3n) is 1.57. The quantitative estimate of drug-likeness (QED) is 0.560. The van der Waals surface area contributed by atoms with Gasteiger partial charge in [-0.3, -0.25) is 4.55 Å². The maximum atomic E-state index is 9.56.